The molecule has 1 rings (SSSR count). The second kappa shape index (κ2) is 8.64. The monoisotopic (exact) mass is 311 g/mol. The molecule has 0 aliphatic rings. The lowest BCUT2D eigenvalue weighted by atomic mass is 10.2. The molecule has 0 saturated heterocycles. The van der Waals surface area contributed by atoms with Gasteiger partial charge in [-0.3, -0.25) is 14.5 Å². The Hall–Kier alpha value is -1.59. The van der Waals surface area contributed by atoms with E-state index < -0.39 is 5.91 Å². The minimum absolute atomic E-state index is 0.0861. The van der Waals surface area contributed by atoms with E-state index in [1.165, 1.54) is 0 Å². The fraction of sp³-hybridized carbons (Fsp3) is 0.467. The smallest absolute Gasteiger partial charge is 0.234 e. The first kappa shape index (κ1) is 17.5. The number of halogens is 1. The zero-order valence-corrected chi connectivity index (χ0v) is 13.2. The van der Waals surface area contributed by atoms with Crippen LogP contribution in [0, 0.1) is 5.92 Å². The number of carbonyl (C=O) groups is 2. The van der Waals surface area contributed by atoms with Crippen molar-refractivity contribution in [2.45, 2.75) is 20.4 Å². The molecule has 3 N–H and O–H groups in total. The summed E-state index contributed by atoms with van der Waals surface area (Å²) in [5.74, 6) is -0.222. The van der Waals surface area contributed by atoms with Crippen molar-refractivity contribution in [1.82, 2.24) is 10.2 Å². The van der Waals surface area contributed by atoms with Gasteiger partial charge in [-0.15, -0.1) is 0 Å². The van der Waals surface area contributed by atoms with E-state index in [-0.39, 0.29) is 19.0 Å². The summed E-state index contributed by atoms with van der Waals surface area (Å²) in [6, 6.07) is 7.31. The highest BCUT2D eigenvalue weighted by Crippen LogP contribution is 2.10. The second-order valence-corrected chi connectivity index (χ2v) is 5.87. The van der Waals surface area contributed by atoms with Crippen molar-refractivity contribution in [3.63, 3.8) is 0 Å². The molecule has 0 spiro atoms. The van der Waals surface area contributed by atoms with Crippen LogP contribution in [-0.2, 0) is 16.1 Å². The zero-order chi connectivity index (χ0) is 15.8. The van der Waals surface area contributed by atoms with Crippen molar-refractivity contribution in [3.05, 3.63) is 34.9 Å². The lowest BCUT2D eigenvalue weighted by Crippen LogP contribution is -2.42. The first-order chi connectivity index (χ1) is 9.86. The number of nitrogens with two attached hydrogens (primary N) is 1. The minimum Gasteiger partial charge on any atom is -0.369 e. The van der Waals surface area contributed by atoms with Crippen LogP contribution < -0.4 is 11.1 Å². The summed E-state index contributed by atoms with van der Waals surface area (Å²) in [5, 5.41) is 3.45. The molecule has 1 aromatic carbocycles. The lowest BCUT2D eigenvalue weighted by Gasteiger charge is -2.22. The number of hydrogen-bond acceptors (Lipinski definition) is 3. The zero-order valence-electron chi connectivity index (χ0n) is 12.4. The Morgan fingerprint density at radius 2 is 2.05 bits per heavy atom. The summed E-state index contributed by atoms with van der Waals surface area (Å²) in [7, 11) is 0. The van der Waals surface area contributed by atoms with E-state index in [4.69, 9.17) is 17.3 Å². The summed E-state index contributed by atoms with van der Waals surface area (Å²) in [6.07, 6.45) is 0. The van der Waals surface area contributed by atoms with Crippen molar-refractivity contribution in [1.29, 1.82) is 0 Å². The Labute approximate surface area is 130 Å². The molecule has 0 heterocycles. The van der Waals surface area contributed by atoms with Gasteiger partial charge in [0.2, 0.25) is 11.8 Å². The average molecular weight is 312 g/mol. The van der Waals surface area contributed by atoms with E-state index in [0.717, 1.165) is 5.56 Å². The molecular formula is C15H22ClN3O2. The van der Waals surface area contributed by atoms with Gasteiger partial charge < -0.3 is 11.1 Å². The van der Waals surface area contributed by atoms with Crippen molar-refractivity contribution in [2.75, 3.05) is 19.6 Å². The summed E-state index contributed by atoms with van der Waals surface area (Å²) < 4.78 is 0. The van der Waals surface area contributed by atoms with Crippen molar-refractivity contribution in [2.24, 2.45) is 11.7 Å². The topological polar surface area (TPSA) is 75.4 Å². The number of amides is 2. The van der Waals surface area contributed by atoms with Crippen LogP contribution in [0.15, 0.2) is 24.3 Å². The molecule has 6 heteroatoms. The SMILES string of the molecule is CC(C)CN(CC(N)=O)CC(=O)NCc1cccc(Cl)c1. The van der Waals surface area contributed by atoms with Crippen LogP contribution in [-0.4, -0.2) is 36.3 Å². The molecule has 116 valence electrons. The highest BCUT2D eigenvalue weighted by Gasteiger charge is 2.14. The molecular weight excluding hydrogens is 290 g/mol. The maximum atomic E-state index is 11.9. The van der Waals surface area contributed by atoms with Gasteiger partial charge in [-0.25, -0.2) is 0 Å². The molecule has 0 bridgehead atoms. The summed E-state index contributed by atoms with van der Waals surface area (Å²) in [5.41, 5.74) is 6.13. The second-order valence-electron chi connectivity index (χ2n) is 5.44. The maximum absolute atomic E-state index is 11.9. The molecule has 0 fully saturated rings. The fourth-order valence-corrected chi connectivity index (χ4v) is 2.24. The summed E-state index contributed by atoms with van der Waals surface area (Å²) in [6.45, 7) is 5.35. The number of benzene rings is 1. The number of carbonyl (C=O) groups excluding carboxylic acids is 2. The normalized spacial score (nSPS) is 10.9. The Bertz CT molecular complexity index is 492. The first-order valence-corrected chi connectivity index (χ1v) is 7.26. The predicted molar refractivity (Wildman–Crippen MR) is 83.8 cm³/mol. The van der Waals surface area contributed by atoms with Gasteiger partial charge in [-0.1, -0.05) is 37.6 Å². The predicted octanol–water partition coefficient (Wildman–Crippen LogP) is 1.40. The van der Waals surface area contributed by atoms with Gasteiger partial charge in [0.25, 0.3) is 0 Å². The Balaban J connectivity index is 2.47. The number of hydrogen-bond donors (Lipinski definition) is 2. The summed E-state index contributed by atoms with van der Waals surface area (Å²) >= 11 is 5.89. The molecule has 21 heavy (non-hydrogen) atoms. The molecule has 1 aromatic rings. The highest BCUT2D eigenvalue weighted by atomic mass is 35.5. The average Bonchev–Trinajstić information content (AvgIpc) is 2.34. The molecule has 5 nitrogen and oxygen atoms in total. The van der Waals surface area contributed by atoms with E-state index >= 15 is 0 Å². The molecule has 0 aromatic heterocycles. The standard InChI is InChI=1S/C15H22ClN3O2/c1-11(2)8-19(9-14(17)20)10-15(21)18-7-12-4-3-5-13(16)6-12/h3-6,11H,7-10H2,1-2H3,(H2,17,20)(H,18,21). The van der Waals surface area contributed by atoms with Gasteiger partial charge in [-0.05, 0) is 23.6 Å². The third-order valence-electron chi connectivity index (χ3n) is 2.75. The largest absolute Gasteiger partial charge is 0.369 e. The van der Waals surface area contributed by atoms with Crippen molar-refractivity contribution < 1.29 is 9.59 Å². The first-order valence-electron chi connectivity index (χ1n) is 6.88. The van der Waals surface area contributed by atoms with Gasteiger partial charge >= 0.3 is 0 Å². The Morgan fingerprint density at radius 3 is 2.62 bits per heavy atom. The van der Waals surface area contributed by atoms with Crippen LogP contribution in [0.4, 0.5) is 0 Å². The minimum atomic E-state index is -0.432. The van der Waals surface area contributed by atoms with Gasteiger partial charge in [0.1, 0.15) is 0 Å². The number of rotatable bonds is 8. The van der Waals surface area contributed by atoms with Crippen LogP contribution >= 0.6 is 11.6 Å². The van der Waals surface area contributed by atoms with Gasteiger partial charge in [0.05, 0.1) is 13.1 Å². The molecule has 2 amide bonds. The van der Waals surface area contributed by atoms with Crippen LogP contribution in [0.1, 0.15) is 19.4 Å². The molecule has 0 aliphatic heterocycles. The maximum Gasteiger partial charge on any atom is 0.234 e. The van der Waals surface area contributed by atoms with Crippen LogP contribution in [0.2, 0.25) is 5.02 Å². The van der Waals surface area contributed by atoms with Crippen LogP contribution in [0.3, 0.4) is 0 Å². The van der Waals surface area contributed by atoms with E-state index in [0.29, 0.717) is 24.0 Å². The van der Waals surface area contributed by atoms with E-state index in [1.54, 1.807) is 17.0 Å². The van der Waals surface area contributed by atoms with E-state index in [9.17, 15) is 9.59 Å². The third kappa shape index (κ3) is 7.68. The Kier molecular flexibility index (Phi) is 7.19. The van der Waals surface area contributed by atoms with Gasteiger partial charge in [0, 0.05) is 18.1 Å². The number of primary amides is 1. The molecule has 0 aliphatic carbocycles. The quantitative estimate of drug-likeness (QED) is 0.762. The van der Waals surface area contributed by atoms with Crippen molar-refractivity contribution >= 4 is 23.4 Å². The molecule has 0 atom stereocenters. The van der Waals surface area contributed by atoms with Crippen molar-refractivity contribution in [3.8, 4) is 0 Å². The van der Waals surface area contributed by atoms with Gasteiger partial charge in [0.15, 0.2) is 0 Å². The van der Waals surface area contributed by atoms with Crippen LogP contribution in [0.5, 0.6) is 0 Å². The summed E-state index contributed by atoms with van der Waals surface area (Å²) in [4.78, 5) is 24.7. The number of nitrogens with zero attached hydrogens (tertiary/aromatic N) is 1. The molecule has 0 radical (unpaired) electrons. The van der Waals surface area contributed by atoms with E-state index in [2.05, 4.69) is 5.32 Å². The lowest BCUT2D eigenvalue weighted by molar-refractivity contribution is -0.124. The molecule has 0 unspecified atom stereocenters. The van der Waals surface area contributed by atoms with E-state index in [1.807, 2.05) is 26.0 Å². The molecule has 0 saturated carbocycles. The van der Waals surface area contributed by atoms with Gasteiger partial charge in [-0.2, -0.15) is 0 Å². The van der Waals surface area contributed by atoms with Crippen LogP contribution in [0.25, 0.3) is 0 Å². The third-order valence-corrected chi connectivity index (χ3v) is 2.98. The highest BCUT2D eigenvalue weighted by molar-refractivity contribution is 6.30. The fourth-order valence-electron chi connectivity index (χ4n) is 2.03. The Morgan fingerprint density at radius 1 is 1.33 bits per heavy atom. The number of nitrogens with one attached hydrogen (secondary N) is 1.